The summed E-state index contributed by atoms with van der Waals surface area (Å²) in [5, 5.41) is 0. The van der Waals surface area contributed by atoms with E-state index >= 15 is 0 Å². The van der Waals surface area contributed by atoms with Gasteiger partial charge in [0.1, 0.15) is 0 Å². The second kappa shape index (κ2) is 4.63. The molecule has 0 N–H and O–H groups in total. The van der Waals surface area contributed by atoms with Gasteiger partial charge in [-0.15, -0.1) is 0 Å². The summed E-state index contributed by atoms with van der Waals surface area (Å²) in [6.07, 6.45) is 6.41. The van der Waals surface area contributed by atoms with Gasteiger partial charge in [0.05, 0.1) is 0 Å². The van der Waals surface area contributed by atoms with Crippen LogP contribution in [0, 0.1) is 0 Å². The summed E-state index contributed by atoms with van der Waals surface area (Å²) >= 11 is 0. The second-order valence-corrected chi connectivity index (χ2v) is 1.91. The maximum atomic E-state index is 3.85. The van der Waals surface area contributed by atoms with Crippen molar-refractivity contribution in [1.82, 2.24) is 0 Å². The number of allylic oxidation sites excluding steroid dienone is 3. The molecule has 0 amide bonds. The lowest BCUT2D eigenvalue weighted by atomic mass is 10.2. The highest BCUT2D eigenvalue weighted by molar-refractivity contribution is 5.12. The van der Waals surface area contributed by atoms with Crippen LogP contribution in [-0.2, 0) is 0 Å². The quantitative estimate of drug-likeness (QED) is 0.490. The Balaban J connectivity index is 3.33. The van der Waals surface area contributed by atoms with E-state index in [2.05, 4.69) is 19.6 Å². The first-order valence-corrected chi connectivity index (χ1v) is 3.11. The van der Waals surface area contributed by atoms with Crippen LogP contribution in [0.15, 0.2) is 24.3 Å². The molecular weight excluding hydrogens is 96.1 g/mol. The average Bonchev–Trinajstić information content (AvgIpc) is 1.68. The lowest BCUT2D eigenvalue weighted by Gasteiger charge is -1.91. The molecule has 0 aromatic heterocycles. The fourth-order valence-corrected chi connectivity index (χ4v) is 0.640. The third-order valence-corrected chi connectivity index (χ3v) is 0.973. The van der Waals surface area contributed by atoms with E-state index in [1.807, 2.05) is 13.0 Å². The maximum absolute atomic E-state index is 3.85. The molecule has 0 nitrogen and oxygen atoms in total. The van der Waals surface area contributed by atoms with Crippen LogP contribution in [0.2, 0.25) is 0 Å². The van der Waals surface area contributed by atoms with E-state index in [0.29, 0.717) is 0 Å². The van der Waals surface area contributed by atoms with E-state index in [1.54, 1.807) is 0 Å². The van der Waals surface area contributed by atoms with Crippen molar-refractivity contribution in [3.05, 3.63) is 24.3 Å². The number of hydrogen-bond acceptors (Lipinski definition) is 0. The van der Waals surface area contributed by atoms with Gasteiger partial charge in [-0.05, 0) is 13.3 Å². The van der Waals surface area contributed by atoms with Crippen molar-refractivity contribution in [2.45, 2.75) is 26.7 Å². The molecule has 8 heavy (non-hydrogen) atoms. The normalized spacial score (nSPS) is 10.2. The monoisotopic (exact) mass is 110 g/mol. The fraction of sp³-hybridized carbons (Fsp3) is 0.500. The predicted octanol–water partition coefficient (Wildman–Crippen LogP) is 2.92. The number of rotatable bonds is 3. The Morgan fingerprint density at radius 3 is 2.62 bits per heavy atom. The van der Waals surface area contributed by atoms with E-state index in [4.69, 9.17) is 0 Å². The molecule has 0 radical (unpaired) electrons. The molecule has 0 aromatic rings. The smallest absolute Gasteiger partial charge is 0.0287 e. The molecule has 0 bridgehead atoms. The van der Waals surface area contributed by atoms with Gasteiger partial charge in [-0.2, -0.15) is 0 Å². The van der Waals surface area contributed by atoms with Gasteiger partial charge >= 0.3 is 0 Å². The van der Waals surface area contributed by atoms with Gasteiger partial charge in [-0.3, -0.25) is 0 Å². The van der Waals surface area contributed by atoms with Gasteiger partial charge in [0, 0.05) is 0 Å². The highest BCUT2D eigenvalue weighted by atomic mass is 13.9. The minimum Gasteiger partial charge on any atom is -0.0958 e. The second-order valence-electron chi connectivity index (χ2n) is 1.91. The van der Waals surface area contributed by atoms with Crippen molar-refractivity contribution in [3.63, 3.8) is 0 Å². The summed E-state index contributed by atoms with van der Waals surface area (Å²) in [6, 6.07) is 0. The third kappa shape index (κ3) is 3.66. The Kier molecular flexibility index (Phi) is 4.33. The van der Waals surface area contributed by atoms with Crippen LogP contribution in [0.25, 0.3) is 0 Å². The molecule has 46 valence electrons. The van der Waals surface area contributed by atoms with Crippen molar-refractivity contribution in [2.75, 3.05) is 0 Å². The summed E-state index contributed by atoms with van der Waals surface area (Å²) in [6.45, 7) is 8.02. The van der Waals surface area contributed by atoms with Gasteiger partial charge < -0.3 is 0 Å². The molecule has 0 spiro atoms. The van der Waals surface area contributed by atoms with Gasteiger partial charge in [0.15, 0.2) is 0 Å². The molecule has 0 aliphatic carbocycles. The molecule has 0 rings (SSSR count). The standard InChI is InChI=1S/C8H14/c1-4-6-8(3)7-5-2/h4,6H,3,5,7H2,1-2H3/b6-4-. The molecule has 0 saturated heterocycles. The fourth-order valence-electron chi connectivity index (χ4n) is 0.640. The Bertz CT molecular complexity index is 88.2. The van der Waals surface area contributed by atoms with Crippen molar-refractivity contribution in [3.8, 4) is 0 Å². The van der Waals surface area contributed by atoms with Crippen LogP contribution in [0.1, 0.15) is 26.7 Å². The van der Waals surface area contributed by atoms with Crippen LogP contribution in [-0.4, -0.2) is 0 Å². The highest BCUT2D eigenvalue weighted by Gasteiger charge is 1.81. The van der Waals surface area contributed by atoms with E-state index < -0.39 is 0 Å². The molecule has 0 aromatic carbocycles. The van der Waals surface area contributed by atoms with Gasteiger partial charge in [0.2, 0.25) is 0 Å². The van der Waals surface area contributed by atoms with E-state index in [0.717, 1.165) is 6.42 Å². The zero-order valence-electron chi connectivity index (χ0n) is 5.78. The van der Waals surface area contributed by atoms with Crippen LogP contribution < -0.4 is 0 Å². The summed E-state index contributed by atoms with van der Waals surface area (Å²) in [5.41, 5.74) is 1.23. The van der Waals surface area contributed by atoms with Crippen LogP contribution >= 0.6 is 0 Å². The summed E-state index contributed by atoms with van der Waals surface area (Å²) in [4.78, 5) is 0. The molecule has 0 heteroatoms. The van der Waals surface area contributed by atoms with Crippen molar-refractivity contribution < 1.29 is 0 Å². The Hall–Kier alpha value is -0.520. The van der Waals surface area contributed by atoms with Gasteiger partial charge in [0.25, 0.3) is 0 Å². The molecule has 0 unspecified atom stereocenters. The summed E-state index contributed by atoms with van der Waals surface area (Å²) in [5.74, 6) is 0. The Morgan fingerprint density at radius 1 is 1.62 bits per heavy atom. The molecular formula is C8H14. The summed E-state index contributed by atoms with van der Waals surface area (Å²) < 4.78 is 0. The Morgan fingerprint density at radius 2 is 2.25 bits per heavy atom. The Labute approximate surface area is 51.9 Å². The minimum absolute atomic E-state index is 1.13. The first-order chi connectivity index (χ1) is 3.81. The van der Waals surface area contributed by atoms with E-state index in [1.165, 1.54) is 12.0 Å². The van der Waals surface area contributed by atoms with Gasteiger partial charge in [-0.25, -0.2) is 0 Å². The maximum Gasteiger partial charge on any atom is -0.0287 e. The third-order valence-electron chi connectivity index (χ3n) is 0.973. The van der Waals surface area contributed by atoms with E-state index in [9.17, 15) is 0 Å². The van der Waals surface area contributed by atoms with Crippen LogP contribution in [0.3, 0.4) is 0 Å². The summed E-state index contributed by atoms with van der Waals surface area (Å²) in [7, 11) is 0. The lowest BCUT2D eigenvalue weighted by Crippen LogP contribution is -1.71. The zero-order valence-corrected chi connectivity index (χ0v) is 5.78. The molecule has 0 heterocycles. The van der Waals surface area contributed by atoms with E-state index in [-0.39, 0.29) is 0 Å². The molecule has 0 aliphatic heterocycles. The largest absolute Gasteiger partial charge is 0.0958 e. The predicted molar refractivity (Wildman–Crippen MR) is 38.9 cm³/mol. The molecule has 0 aliphatic rings. The molecule has 0 atom stereocenters. The van der Waals surface area contributed by atoms with Crippen molar-refractivity contribution in [1.29, 1.82) is 0 Å². The molecule has 0 saturated carbocycles. The number of hydrogen-bond donors (Lipinski definition) is 0. The first-order valence-electron chi connectivity index (χ1n) is 3.11. The van der Waals surface area contributed by atoms with Crippen molar-refractivity contribution in [2.24, 2.45) is 0 Å². The average molecular weight is 110 g/mol. The lowest BCUT2D eigenvalue weighted by molar-refractivity contribution is 0.929. The van der Waals surface area contributed by atoms with Gasteiger partial charge in [-0.1, -0.05) is 37.6 Å². The first kappa shape index (κ1) is 7.48. The minimum atomic E-state index is 1.13. The van der Waals surface area contributed by atoms with Crippen LogP contribution in [0.5, 0.6) is 0 Å². The van der Waals surface area contributed by atoms with Crippen LogP contribution in [0.4, 0.5) is 0 Å². The molecule has 0 fully saturated rings. The topological polar surface area (TPSA) is 0 Å². The van der Waals surface area contributed by atoms with Crippen molar-refractivity contribution >= 4 is 0 Å². The zero-order chi connectivity index (χ0) is 6.41. The SMILES string of the molecule is C=C(/C=C\C)CCC. The highest BCUT2D eigenvalue weighted by Crippen LogP contribution is 2.01.